The lowest BCUT2D eigenvalue weighted by Gasteiger charge is -2.15. The van der Waals surface area contributed by atoms with Gasteiger partial charge in [-0.2, -0.15) is 0 Å². The SMILES string of the molecule is CCCC[C@H](CC)CNC(=O)C(=O)NCc1ccc(C(C)C)cc1. The van der Waals surface area contributed by atoms with E-state index in [1.54, 1.807) is 0 Å². The minimum atomic E-state index is -0.562. The van der Waals surface area contributed by atoms with E-state index in [2.05, 4.69) is 50.5 Å². The molecular formula is C20H32N2O2. The second kappa shape index (κ2) is 10.8. The number of hydrogen-bond acceptors (Lipinski definition) is 2. The summed E-state index contributed by atoms with van der Waals surface area (Å²) in [6.45, 7) is 9.51. The van der Waals surface area contributed by atoms with Crippen molar-refractivity contribution in [2.24, 2.45) is 5.92 Å². The third-order valence-electron chi connectivity index (χ3n) is 4.40. The van der Waals surface area contributed by atoms with Gasteiger partial charge in [-0.3, -0.25) is 9.59 Å². The Kier molecular flexibility index (Phi) is 9.13. The number of hydrogen-bond donors (Lipinski definition) is 2. The molecule has 0 fully saturated rings. The number of rotatable bonds is 9. The number of unbranched alkanes of at least 4 members (excludes halogenated alkanes) is 1. The van der Waals surface area contributed by atoms with Gasteiger partial charge in [0.15, 0.2) is 0 Å². The molecular weight excluding hydrogens is 300 g/mol. The summed E-state index contributed by atoms with van der Waals surface area (Å²) < 4.78 is 0. The average Bonchev–Trinajstić information content (AvgIpc) is 2.59. The fraction of sp³-hybridized carbons (Fsp3) is 0.600. The molecule has 0 saturated carbocycles. The van der Waals surface area contributed by atoms with Crippen molar-refractivity contribution in [1.82, 2.24) is 10.6 Å². The third kappa shape index (κ3) is 7.16. The van der Waals surface area contributed by atoms with Crippen LogP contribution in [0.2, 0.25) is 0 Å². The maximum atomic E-state index is 11.9. The molecule has 0 spiro atoms. The van der Waals surface area contributed by atoms with E-state index in [0.29, 0.717) is 24.9 Å². The highest BCUT2D eigenvalue weighted by Crippen LogP contribution is 2.14. The van der Waals surface area contributed by atoms with Crippen molar-refractivity contribution in [3.05, 3.63) is 35.4 Å². The number of benzene rings is 1. The summed E-state index contributed by atoms with van der Waals surface area (Å²) in [5, 5.41) is 5.43. The normalized spacial score (nSPS) is 12.0. The van der Waals surface area contributed by atoms with Crippen molar-refractivity contribution in [2.75, 3.05) is 6.54 Å². The summed E-state index contributed by atoms with van der Waals surface area (Å²) in [5.74, 6) is -0.166. The monoisotopic (exact) mass is 332 g/mol. The fourth-order valence-electron chi connectivity index (χ4n) is 2.54. The summed E-state index contributed by atoms with van der Waals surface area (Å²) in [5.41, 5.74) is 2.26. The van der Waals surface area contributed by atoms with Crippen molar-refractivity contribution in [3.63, 3.8) is 0 Å². The van der Waals surface area contributed by atoms with E-state index in [4.69, 9.17) is 0 Å². The predicted octanol–water partition coefficient (Wildman–Crippen LogP) is 3.76. The first-order chi connectivity index (χ1) is 11.5. The lowest BCUT2D eigenvalue weighted by atomic mass is 9.99. The van der Waals surface area contributed by atoms with Gasteiger partial charge in [0.2, 0.25) is 0 Å². The molecule has 1 rings (SSSR count). The van der Waals surface area contributed by atoms with Gasteiger partial charge in [0.1, 0.15) is 0 Å². The summed E-state index contributed by atoms with van der Waals surface area (Å²) in [6.07, 6.45) is 4.43. The van der Waals surface area contributed by atoms with Crippen LogP contribution < -0.4 is 10.6 Å². The predicted molar refractivity (Wildman–Crippen MR) is 98.7 cm³/mol. The van der Waals surface area contributed by atoms with Crippen molar-refractivity contribution < 1.29 is 9.59 Å². The Balaban J connectivity index is 2.37. The molecule has 0 saturated heterocycles. The quantitative estimate of drug-likeness (QED) is 0.677. The zero-order chi connectivity index (χ0) is 17.9. The Morgan fingerprint density at radius 3 is 2.17 bits per heavy atom. The number of amides is 2. The lowest BCUT2D eigenvalue weighted by Crippen LogP contribution is -2.41. The van der Waals surface area contributed by atoms with Crippen molar-refractivity contribution in [1.29, 1.82) is 0 Å². The maximum absolute atomic E-state index is 11.9. The number of carbonyl (C=O) groups excluding carboxylic acids is 2. The second-order valence-electron chi connectivity index (χ2n) is 6.71. The van der Waals surface area contributed by atoms with E-state index in [9.17, 15) is 9.59 Å². The first-order valence-corrected chi connectivity index (χ1v) is 9.12. The van der Waals surface area contributed by atoms with Crippen LogP contribution in [0.3, 0.4) is 0 Å². The fourth-order valence-corrected chi connectivity index (χ4v) is 2.54. The summed E-state index contributed by atoms with van der Waals surface area (Å²) in [6, 6.07) is 8.11. The highest BCUT2D eigenvalue weighted by atomic mass is 16.2. The minimum Gasteiger partial charge on any atom is -0.348 e. The van der Waals surface area contributed by atoms with E-state index in [1.165, 1.54) is 5.56 Å². The highest BCUT2D eigenvalue weighted by Gasteiger charge is 2.15. The summed E-state index contributed by atoms with van der Waals surface area (Å²) in [4.78, 5) is 23.8. The first-order valence-electron chi connectivity index (χ1n) is 9.12. The molecule has 0 unspecified atom stereocenters. The molecule has 0 aliphatic heterocycles. The minimum absolute atomic E-state index is 0.373. The molecule has 0 aliphatic rings. The van der Waals surface area contributed by atoms with Crippen LogP contribution >= 0.6 is 0 Å². The van der Waals surface area contributed by atoms with Gasteiger partial charge in [-0.15, -0.1) is 0 Å². The van der Waals surface area contributed by atoms with Crippen LogP contribution in [0, 0.1) is 5.92 Å². The van der Waals surface area contributed by atoms with Crippen molar-refractivity contribution in [3.8, 4) is 0 Å². The molecule has 2 N–H and O–H groups in total. The van der Waals surface area contributed by atoms with Gasteiger partial charge >= 0.3 is 11.8 Å². The Morgan fingerprint density at radius 2 is 1.62 bits per heavy atom. The summed E-state index contributed by atoms with van der Waals surface area (Å²) in [7, 11) is 0. The van der Waals surface area contributed by atoms with E-state index < -0.39 is 11.8 Å². The zero-order valence-electron chi connectivity index (χ0n) is 15.5. The highest BCUT2D eigenvalue weighted by molar-refractivity contribution is 6.35. The smallest absolute Gasteiger partial charge is 0.309 e. The molecule has 0 heterocycles. The molecule has 4 heteroatoms. The Bertz CT molecular complexity index is 509. The molecule has 0 aliphatic carbocycles. The number of nitrogens with one attached hydrogen (secondary N) is 2. The Labute approximate surface area is 146 Å². The van der Waals surface area contributed by atoms with E-state index in [0.717, 1.165) is 31.2 Å². The maximum Gasteiger partial charge on any atom is 0.309 e. The van der Waals surface area contributed by atoms with Crippen LogP contribution in [0.4, 0.5) is 0 Å². The number of carbonyl (C=O) groups is 2. The van der Waals surface area contributed by atoms with Crippen LogP contribution in [-0.2, 0) is 16.1 Å². The molecule has 1 aromatic rings. The standard InChI is InChI=1S/C20H32N2O2/c1-5-7-8-16(6-2)13-21-19(23)20(24)22-14-17-9-11-18(12-10-17)15(3)4/h9-12,15-16H,5-8,13-14H2,1-4H3,(H,21,23)(H,22,24)/t16-/m0/s1. The average molecular weight is 332 g/mol. The molecule has 0 radical (unpaired) electrons. The van der Waals surface area contributed by atoms with Crippen LogP contribution in [0.5, 0.6) is 0 Å². The molecule has 0 bridgehead atoms. The van der Waals surface area contributed by atoms with E-state index >= 15 is 0 Å². The molecule has 4 nitrogen and oxygen atoms in total. The van der Waals surface area contributed by atoms with E-state index in [-0.39, 0.29) is 0 Å². The van der Waals surface area contributed by atoms with Crippen LogP contribution in [0.1, 0.15) is 70.4 Å². The van der Waals surface area contributed by atoms with Gasteiger partial charge in [-0.25, -0.2) is 0 Å². The Morgan fingerprint density at radius 1 is 1.00 bits per heavy atom. The summed E-state index contributed by atoms with van der Waals surface area (Å²) >= 11 is 0. The largest absolute Gasteiger partial charge is 0.348 e. The van der Waals surface area contributed by atoms with Gasteiger partial charge in [0.25, 0.3) is 0 Å². The zero-order valence-corrected chi connectivity index (χ0v) is 15.5. The molecule has 1 atom stereocenters. The molecule has 1 aromatic carbocycles. The van der Waals surface area contributed by atoms with E-state index in [1.807, 2.05) is 12.1 Å². The third-order valence-corrected chi connectivity index (χ3v) is 4.40. The van der Waals surface area contributed by atoms with Crippen molar-refractivity contribution in [2.45, 2.75) is 65.8 Å². The second-order valence-corrected chi connectivity index (χ2v) is 6.71. The van der Waals surface area contributed by atoms with Gasteiger partial charge in [0.05, 0.1) is 0 Å². The Hall–Kier alpha value is -1.84. The lowest BCUT2D eigenvalue weighted by molar-refractivity contribution is -0.139. The first kappa shape index (κ1) is 20.2. The van der Waals surface area contributed by atoms with Crippen molar-refractivity contribution >= 4 is 11.8 Å². The van der Waals surface area contributed by atoms with Gasteiger partial charge in [0, 0.05) is 13.1 Å². The van der Waals surface area contributed by atoms with Crippen LogP contribution in [-0.4, -0.2) is 18.4 Å². The van der Waals surface area contributed by atoms with Crippen LogP contribution in [0.25, 0.3) is 0 Å². The molecule has 24 heavy (non-hydrogen) atoms. The molecule has 0 aromatic heterocycles. The van der Waals surface area contributed by atoms with Crippen LogP contribution in [0.15, 0.2) is 24.3 Å². The molecule has 134 valence electrons. The molecule has 2 amide bonds. The van der Waals surface area contributed by atoms with Gasteiger partial charge in [-0.1, -0.05) is 71.2 Å². The van der Waals surface area contributed by atoms with Gasteiger partial charge in [-0.05, 0) is 29.4 Å². The topological polar surface area (TPSA) is 58.2 Å². The van der Waals surface area contributed by atoms with Gasteiger partial charge < -0.3 is 10.6 Å².